The number of nitrogens with one attached hydrogen (secondary N) is 1. The van der Waals surface area contributed by atoms with E-state index in [4.69, 9.17) is 4.74 Å². The highest BCUT2D eigenvalue weighted by molar-refractivity contribution is 5.78. The lowest BCUT2D eigenvalue weighted by Gasteiger charge is -2.24. The maximum absolute atomic E-state index is 12.4. The second-order valence-corrected chi connectivity index (χ2v) is 6.87. The maximum Gasteiger partial charge on any atom is 0.222 e. The van der Waals surface area contributed by atoms with Crippen molar-refractivity contribution in [3.8, 4) is 5.88 Å². The van der Waals surface area contributed by atoms with Gasteiger partial charge in [-0.2, -0.15) is 0 Å². The molecule has 0 bridgehead atoms. The summed E-state index contributed by atoms with van der Waals surface area (Å²) in [5, 5.41) is 3.21. The molecular formula is C18H27N3O2. The van der Waals surface area contributed by atoms with Crippen LogP contribution in [-0.4, -0.2) is 47.1 Å². The first-order valence-corrected chi connectivity index (χ1v) is 8.71. The van der Waals surface area contributed by atoms with Gasteiger partial charge in [-0.05, 0) is 51.8 Å². The van der Waals surface area contributed by atoms with Crippen molar-refractivity contribution in [2.24, 2.45) is 0 Å². The Kier molecular flexibility index (Phi) is 4.85. The molecule has 1 saturated heterocycles. The van der Waals surface area contributed by atoms with E-state index in [-0.39, 0.29) is 11.4 Å². The predicted molar refractivity (Wildman–Crippen MR) is 89.5 cm³/mol. The zero-order chi connectivity index (χ0) is 16.3. The van der Waals surface area contributed by atoms with Gasteiger partial charge >= 0.3 is 0 Å². The van der Waals surface area contributed by atoms with E-state index in [2.05, 4.69) is 22.1 Å². The molecule has 2 aliphatic rings. The Hall–Kier alpha value is -1.62. The van der Waals surface area contributed by atoms with Crippen molar-refractivity contribution in [3.05, 3.63) is 23.9 Å². The molecule has 126 valence electrons. The first-order valence-electron chi connectivity index (χ1n) is 8.71. The molecule has 1 aliphatic heterocycles. The van der Waals surface area contributed by atoms with Gasteiger partial charge in [-0.3, -0.25) is 4.79 Å². The molecule has 5 heteroatoms. The SMILES string of the molecule is CCN1CCCC1CC(=O)NC1(COc2ncccc2C)CC1. The summed E-state index contributed by atoms with van der Waals surface area (Å²) in [6, 6.07) is 4.30. The zero-order valence-electron chi connectivity index (χ0n) is 14.2. The van der Waals surface area contributed by atoms with Crippen LogP contribution in [-0.2, 0) is 4.79 Å². The number of likely N-dealkylation sites (tertiary alicyclic amines) is 1. The molecule has 1 aromatic rings. The van der Waals surface area contributed by atoms with Crippen LogP contribution in [0.2, 0.25) is 0 Å². The molecule has 0 radical (unpaired) electrons. The Bertz CT molecular complexity index is 557. The third kappa shape index (κ3) is 4.02. The number of pyridine rings is 1. The van der Waals surface area contributed by atoms with Gasteiger partial charge in [0, 0.05) is 24.2 Å². The Morgan fingerprint density at radius 1 is 1.52 bits per heavy atom. The van der Waals surface area contributed by atoms with E-state index in [9.17, 15) is 4.79 Å². The minimum Gasteiger partial charge on any atom is -0.475 e. The molecule has 1 N–H and O–H groups in total. The van der Waals surface area contributed by atoms with Crippen LogP contribution in [0.5, 0.6) is 5.88 Å². The maximum atomic E-state index is 12.4. The summed E-state index contributed by atoms with van der Waals surface area (Å²) in [5.74, 6) is 0.829. The van der Waals surface area contributed by atoms with Crippen LogP contribution >= 0.6 is 0 Å². The Balaban J connectivity index is 1.49. The molecule has 2 heterocycles. The highest BCUT2D eigenvalue weighted by Crippen LogP contribution is 2.36. The Morgan fingerprint density at radius 3 is 3.04 bits per heavy atom. The molecule has 1 atom stereocenters. The monoisotopic (exact) mass is 317 g/mol. The van der Waals surface area contributed by atoms with Gasteiger partial charge in [0.05, 0.1) is 5.54 Å². The van der Waals surface area contributed by atoms with Gasteiger partial charge in [-0.1, -0.05) is 13.0 Å². The number of hydrogen-bond acceptors (Lipinski definition) is 4. The second kappa shape index (κ2) is 6.87. The van der Waals surface area contributed by atoms with E-state index < -0.39 is 0 Å². The average Bonchev–Trinajstić information content (AvgIpc) is 3.15. The molecule has 1 aliphatic carbocycles. The molecule has 5 nitrogen and oxygen atoms in total. The van der Waals surface area contributed by atoms with Crippen LogP contribution in [0.4, 0.5) is 0 Å². The summed E-state index contributed by atoms with van der Waals surface area (Å²) in [6.07, 6.45) is 6.68. The van der Waals surface area contributed by atoms with E-state index in [0.717, 1.165) is 37.9 Å². The third-order valence-electron chi connectivity index (χ3n) is 5.03. The predicted octanol–water partition coefficient (Wildman–Crippen LogP) is 2.29. The topological polar surface area (TPSA) is 54.5 Å². The lowest BCUT2D eigenvalue weighted by Crippen LogP contribution is -2.44. The summed E-state index contributed by atoms with van der Waals surface area (Å²) >= 11 is 0. The van der Waals surface area contributed by atoms with Gasteiger partial charge in [-0.15, -0.1) is 0 Å². The van der Waals surface area contributed by atoms with Crippen molar-refractivity contribution in [1.82, 2.24) is 15.2 Å². The Labute approximate surface area is 138 Å². The summed E-state index contributed by atoms with van der Waals surface area (Å²) in [7, 11) is 0. The average molecular weight is 317 g/mol. The van der Waals surface area contributed by atoms with Crippen LogP contribution in [0.15, 0.2) is 18.3 Å². The number of rotatable bonds is 7. The number of amides is 1. The molecule has 23 heavy (non-hydrogen) atoms. The summed E-state index contributed by atoms with van der Waals surface area (Å²) in [4.78, 5) is 19.0. The number of aromatic nitrogens is 1. The normalized spacial score (nSPS) is 22.8. The van der Waals surface area contributed by atoms with E-state index >= 15 is 0 Å². The molecule has 3 rings (SSSR count). The lowest BCUT2D eigenvalue weighted by atomic mass is 10.1. The van der Waals surface area contributed by atoms with Crippen LogP contribution < -0.4 is 10.1 Å². The highest BCUT2D eigenvalue weighted by Gasteiger charge is 2.45. The van der Waals surface area contributed by atoms with Gasteiger partial charge < -0.3 is 15.0 Å². The number of carbonyl (C=O) groups excluding carboxylic acids is 1. The Morgan fingerprint density at radius 2 is 2.35 bits per heavy atom. The van der Waals surface area contributed by atoms with Crippen molar-refractivity contribution >= 4 is 5.91 Å². The summed E-state index contributed by atoms with van der Waals surface area (Å²) in [5.41, 5.74) is 0.857. The van der Waals surface area contributed by atoms with Crippen molar-refractivity contribution in [2.45, 2.75) is 57.5 Å². The quantitative estimate of drug-likeness (QED) is 0.838. The fraction of sp³-hybridized carbons (Fsp3) is 0.667. The summed E-state index contributed by atoms with van der Waals surface area (Å²) < 4.78 is 5.84. The van der Waals surface area contributed by atoms with Crippen LogP contribution in [0.3, 0.4) is 0 Å². The number of hydrogen-bond donors (Lipinski definition) is 1. The minimum absolute atomic E-state index is 0.161. The number of ether oxygens (including phenoxy) is 1. The lowest BCUT2D eigenvalue weighted by molar-refractivity contribution is -0.123. The van der Waals surface area contributed by atoms with Gasteiger partial charge in [0.25, 0.3) is 0 Å². The zero-order valence-corrected chi connectivity index (χ0v) is 14.2. The van der Waals surface area contributed by atoms with E-state index in [1.54, 1.807) is 6.20 Å². The van der Waals surface area contributed by atoms with Gasteiger partial charge in [-0.25, -0.2) is 4.98 Å². The molecule has 2 fully saturated rings. The highest BCUT2D eigenvalue weighted by atomic mass is 16.5. The smallest absolute Gasteiger partial charge is 0.222 e. The molecular weight excluding hydrogens is 290 g/mol. The number of nitrogens with zero attached hydrogens (tertiary/aromatic N) is 2. The molecule has 1 unspecified atom stereocenters. The van der Waals surface area contributed by atoms with Gasteiger partial charge in [0.2, 0.25) is 11.8 Å². The van der Waals surface area contributed by atoms with E-state index in [1.807, 2.05) is 19.1 Å². The third-order valence-corrected chi connectivity index (χ3v) is 5.03. The first kappa shape index (κ1) is 16.2. The number of carbonyl (C=O) groups is 1. The van der Waals surface area contributed by atoms with Crippen LogP contribution in [0.25, 0.3) is 0 Å². The fourth-order valence-corrected chi connectivity index (χ4v) is 3.39. The van der Waals surface area contributed by atoms with Crippen molar-refractivity contribution in [1.29, 1.82) is 0 Å². The van der Waals surface area contributed by atoms with E-state index in [0.29, 0.717) is 24.9 Å². The molecule has 1 aromatic heterocycles. The molecule has 1 amide bonds. The van der Waals surface area contributed by atoms with E-state index in [1.165, 1.54) is 6.42 Å². The first-order chi connectivity index (χ1) is 11.1. The summed E-state index contributed by atoms with van der Waals surface area (Å²) in [6.45, 7) is 6.83. The standard InChI is InChI=1S/C18H27N3O2/c1-3-21-11-5-7-15(21)12-16(22)20-18(8-9-18)13-23-17-14(2)6-4-10-19-17/h4,6,10,15H,3,5,7-9,11-13H2,1-2H3,(H,20,22). The second-order valence-electron chi connectivity index (χ2n) is 6.87. The minimum atomic E-state index is -0.170. The van der Waals surface area contributed by atoms with Crippen molar-refractivity contribution in [2.75, 3.05) is 19.7 Å². The van der Waals surface area contributed by atoms with Crippen molar-refractivity contribution in [3.63, 3.8) is 0 Å². The number of aryl methyl sites for hydroxylation is 1. The largest absolute Gasteiger partial charge is 0.475 e. The molecule has 1 saturated carbocycles. The van der Waals surface area contributed by atoms with Gasteiger partial charge in [0.15, 0.2) is 0 Å². The van der Waals surface area contributed by atoms with Crippen LogP contribution in [0, 0.1) is 6.92 Å². The molecule has 0 aromatic carbocycles. The molecule has 0 spiro atoms. The van der Waals surface area contributed by atoms with Crippen LogP contribution in [0.1, 0.15) is 44.6 Å². The van der Waals surface area contributed by atoms with Crippen molar-refractivity contribution < 1.29 is 9.53 Å². The fourth-order valence-electron chi connectivity index (χ4n) is 3.39. The van der Waals surface area contributed by atoms with Gasteiger partial charge in [0.1, 0.15) is 6.61 Å².